The van der Waals surface area contributed by atoms with Crippen LogP contribution in [0.25, 0.3) is 0 Å². The molecule has 0 unspecified atom stereocenters. The van der Waals surface area contributed by atoms with E-state index >= 15 is 0 Å². The maximum absolute atomic E-state index is 5.76. The predicted molar refractivity (Wildman–Crippen MR) is 123 cm³/mol. The van der Waals surface area contributed by atoms with Gasteiger partial charge in [0, 0.05) is 13.2 Å². The predicted octanol–water partition coefficient (Wildman–Crippen LogP) is 7.44. The van der Waals surface area contributed by atoms with Crippen LogP contribution in [0.1, 0.15) is 130 Å². The van der Waals surface area contributed by atoms with Crippen LogP contribution in [0.15, 0.2) is 11.6 Å². The van der Waals surface area contributed by atoms with E-state index in [4.69, 9.17) is 4.74 Å². The van der Waals surface area contributed by atoms with Gasteiger partial charge in [-0.1, -0.05) is 102 Å². The SMILES string of the molecule is CCCCCCCCCCOCCCCCCCCCCC=C(C)C.NN. The number of hydrogen-bond donors (Lipinski definition) is 2. The molecule has 0 saturated carbocycles. The molecule has 0 aliphatic rings. The first kappa shape index (κ1) is 28.8. The van der Waals surface area contributed by atoms with Crippen molar-refractivity contribution < 1.29 is 4.74 Å². The smallest absolute Gasteiger partial charge is 0.0466 e. The summed E-state index contributed by atoms with van der Waals surface area (Å²) in [6.45, 7) is 8.64. The molecule has 0 fully saturated rings. The highest BCUT2D eigenvalue weighted by molar-refractivity contribution is 4.92. The van der Waals surface area contributed by atoms with Crippen molar-refractivity contribution in [3.05, 3.63) is 11.6 Å². The van der Waals surface area contributed by atoms with Crippen molar-refractivity contribution in [3.8, 4) is 0 Å². The maximum atomic E-state index is 5.76. The zero-order valence-corrected chi connectivity index (χ0v) is 19.1. The minimum absolute atomic E-state index is 0.985. The van der Waals surface area contributed by atoms with Gasteiger partial charge in [-0.25, -0.2) is 0 Å². The van der Waals surface area contributed by atoms with E-state index < -0.39 is 0 Å². The zero-order chi connectivity index (χ0) is 20.4. The summed E-state index contributed by atoms with van der Waals surface area (Å²) >= 11 is 0. The molecule has 0 aromatic rings. The fourth-order valence-corrected chi connectivity index (χ4v) is 3.24. The van der Waals surface area contributed by atoms with E-state index in [9.17, 15) is 0 Å². The second-order valence-electron chi connectivity index (χ2n) is 7.99. The van der Waals surface area contributed by atoms with Gasteiger partial charge in [0.1, 0.15) is 0 Å². The Morgan fingerprint density at radius 2 is 0.963 bits per heavy atom. The van der Waals surface area contributed by atoms with E-state index in [-0.39, 0.29) is 0 Å². The molecule has 0 radical (unpaired) electrons. The lowest BCUT2D eigenvalue weighted by Gasteiger charge is -2.05. The van der Waals surface area contributed by atoms with E-state index in [0.29, 0.717) is 0 Å². The Morgan fingerprint density at radius 1 is 0.593 bits per heavy atom. The van der Waals surface area contributed by atoms with Crippen molar-refractivity contribution >= 4 is 0 Å². The zero-order valence-electron chi connectivity index (χ0n) is 19.1. The first-order valence-corrected chi connectivity index (χ1v) is 11.8. The summed E-state index contributed by atoms with van der Waals surface area (Å²) in [5.41, 5.74) is 1.46. The topological polar surface area (TPSA) is 61.3 Å². The summed E-state index contributed by atoms with van der Waals surface area (Å²) < 4.78 is 5.76. The first-order chi connectivity index (χ1) is 13.3. The van der Waals surface area contributed by atoms with Crippen LogP contribution in [0.4, 0.5) is 0 Å². The van der Waals surface area contributed by atoms with Gasteiger partial charge >= 0.3 is 0 Å². The highest BCUT2D eigenvalue weighted by atomic mass is 16.5. The standard InChI is InChI=1S/C24H48O.H4N2/c1-4-5-6-7-8-13-16-19-22-25-23-20-17-14-11-9-10-12-15-18-21-24(2)3;1-2/h21H,4-20,22-23H2,1-3H3;1-2H2. The number of unbranched alkanes of at least 4 members (excludes halogenated alkanes) is 15. The van der Waals surface area contributed by atoms with Gasteiger partial charge in [-0.05, 0) is 39.5 Å². The molecule has 0 aromatic carbocycles. The van der Waals surface area contributed by atoms with E-state index in [2.05, 4.69) is 38.5 Å². The minimum Gasteiger partial charge on any atom is -0.381 e. The molecule has 27 heavy (non-hydrogen) atoms. The van der Waals surface area contributed by atoms with Crippen molar-refractivity contribution in [3.63, 3.8) is 0 Å². The average Bonchev–Trinajstić information content (AvgIpc) is 2.68. The van der Waals surface area contributed by atoms with Gasteiger partial charge in [-0.2, -0.15) is 0 Å². The van der Waals surface area contributed by atoms with Crippen LogP contribution in [0.5, 0.6) is 0 Å². The van der Waals surface area contributed by atoms with Gasteiger partial charge < -0.3 is 4.74 Å². The molecule has 3 heteroatoms. The second kappa shape index (κ2) is 27.8. The Bertz CT molecular complexity index is 276. The number of nitrogens with two attached hydrogens (primary N) is 2. The quantitative estimate of drug-likeness (QED) is 0.0992. The normalized spacial score (nSPS) is 10.4. The summed E-state index contributed by atoms with van der Waals surface area (Å²) in [5.74, 6) is 8.00. The Labute approximate surface area is 171 Å². The maximum Gasteiger partial charge on any atom is 0.0466 e. The number of hydrogen-bond acceptors (Lipinski definition) is 3. The van der Waals surface area contributed by atoms with E-state index in [1.165, 1.54) is 115 Å². The fourth-order valence-electron chi connectivity index (χ4n) is 3.24. The molecule has 164 valence electrons. The van der Waals surface area contributed by atoms with Gasteiger partial charge in [0.15, 0.2) is 0 Å². The Morgan fingerprint density at radius 3 is 1.37 bits per heavy atom. The van der Waals surface area contributed by atoms with Crippen molar-refractivity contribution in [2.24, 2.45) is 11.7 Å². The molecule has 4 N–H and O–H groups in total. The molecule has 0 aliphatic heterocycles. The number of ether oxygens (including phenoxy) is 1. The molecule has 3 nitrogen and oxygen atoms in total. The lowest BCUT2D eigenvalue weighted by atomic mass is 10.1. The average molecular weight is 385 g/mol. The van der Waals surface area contributed by atoms with E-state index in [1.807, 2.05) is 0 Å². The van der Waals surface area contributed by atoms with E-state index in [1.54, 1.807) is 0 Å². The van der Waals surface area contributed by atoms with Gasteiger partial charge in [0.05, 0.1) is 0 Å². The van der Waals surface area contributed by atoms with Crippen molar-refractivity contribution in [2.45, 2.75) is 130 Å². The van der Waals surface area contributed by atoms with Crippen molar-refractivity contribution in [1.82, 2.24) is 0 Å². The molecule has 0 aliphatic carbocycles. The van der Waals surface area contributed by atoms with Gasteiger partial charge in [0.2, 0.25) is 0 Å². The third-order valence-electron chi connectivity index (χ3n) is 4.94. The molecule has 0 saturated heterocycles. The molecule has 0 bridgehead atoms. The minimum atomic E-state index is 0.985. The summed E-state index contributed by atoms with van der Waals surface area (Å²) in [7, 11) is 0. The number of allylic oxidation sites excluding steroid dienone is 2. The molecule has 0 spiro atoms. The largest absolute Gasteiger partial charge is 0.381 e. The van der Waals surface area contributed by atoms with Crippen molar-refractivity contribution in [1.29, 1.82) is 0 Å². The van der Waals surface area contributed by atoms with E-state index in [0.717, 1.165) is 13.2 Å². The molecule has 0 rings (SSSR count). The van der Waals surface area contributed by atoms with Crippen LogP contribution >= 0.6 is 0 Å². The third kappa shape index (κ3) is 30.6. The summed E-state index contributed by atoms with van der Waals surface area (Å²) in [6.07, 6.45) is 25.8. The van der Waals surface area contributed by atoms with Gasteiger partial charge in [0.25, 0.3) is 0 Å². The van der Waals surface area contributed by atoms with Crippen LogP contribution in [0.2, 0.25) is 0 Å². The summed E-state index contributed by atoms with van der Waals surface area (Å²) in [6, 6.07) is 0. The number of rotatable bonds is 20. The molecule has 0 atom stereocenters. The van der Waals surface area contributed by atoms with Crippen LogP contribution in [0, 0.1) is 0 Å². The van der Waals surface area contributed by atoms with Crippen LogP contribution in [-0.2, 0) is 4.74 Å². The molecule has 0 heterocycles. The fraction of sp³-hybridized carbons (Fsp3) is 0.917. The second-order valence-corrected chi connectivity index (χ2v) is 7.99. The third-order valence-corrected chi connectivity index (χ3v) is 4.94. The summed E-state index contributed by atoms with van der Waals surface area (Å²) in [4.78, 5) is 0. The highest BCUT2D eigenvalue weighted by Gasteiger charge is 1.94. The molecular weight excluding hydrogens is 332 g/mol. The van der Waals surface area contributed by atoms with Crippen LogP contribution in [0.3, 0.4) is 0 Å². The van der Waals surface area contributed by atoms with Crippen LogP contribution in [-0.4, -0.2) is 13.2 Å². The van der Waals surface area contributed by atoms with Gasteiger partial charge in [-0.3, -0.25) is 11.7 Å². The monoisotopic (exact) mass is 384 g/mol. The molecular formula is C24H52N2O. The number of hydrazine groups is 1. The first-order valence-electron chi connectivity index (χ1n) is 11.8. The lowest BCUT2D eigenvalue weighted by Crippen LogP contribution is -2.02. The highest BCUT2D eigenvalue weighted by Crippen LogP contribution is 2.11. The lowest BCUT2D eigenvalue weighted by molar-refractivity contribution is 0.125. The Balaban J connectivity index is 0. The Kier molecular flexibility index (Phi) is 29.7. The Hall–Kier alpha value is -0.380. The molecule has 0 aromatic heterocycles. The molecule has 0 amide bonds. The van der Waals surface area contributed by atoms with Crippen LogP contribution < -0.4 is 11.7 Å². The van der Waals surface area contributed by atoms with Gasteiger partial charge in [-0.15, -0.1) is 0 Å². The van der Waals surface area contributed by atoms with Crippen molar-refractivity contribution in [2.75, 3.05) is 13.2 Å². The summed E-state index contributed by atoms with van der Waals surface area (Å²) in [5, 5.41) is 0.